The second kappa shape index (κ2) is 11.6. The summed E-state index contributed by atoms with van der Waals surface area (Å²) in [4.78, 5) is 6.70. The lowest BCUT2D eigenvalue weighted by molar-refractivity contribution is 0.594. The fourth-order valence-corrected chi connectivity index (χ4v) is 8.36. The van der Waals surface area contributed by atoms with Gasteiger partial charge in [-0.25, -0.2) is 0 Å². The van der Waals surface area contributed by atoms with Crippen LogP contribution in [0, 0.1) is 0 Å². The van der Waals surface area contributed by atoms with E-state index in [0.717, 1.165) is 22.6 Å². The maximum Gasteiger partial charge on any atom is 0.0583 e. The fourth-order valence-electron chi connectivity index (χ4n) is 8.36. The van der Waals surface area contributed by atoms with Crippen LogP contribution < -0.4 is 20.7 Å². The number of anilines is 4. The Labute approximate surface area is 297 Å². The van der Waals surface area contributed by atoms with Gasteiger partial charge in [-0.15, -0.1) is 0 Å². The van der Waals surface area contributed by atoms with Gasteiger partial charge in [0.1, 0.15) is 0 Å². The van der Waals surface area contributed by atoms with Crippen molar-refractivity contribution >= 4 is 56.4 Å². The molecular formula is C48H35N3. The summed E-state index contributed by atoms with van der Waals surface area (Å²) in [7, 11) is 0. The lowest BCUT2D eigenvalue weighted by atomic mass is 9.68. The number of nitrogens with zero attached hydrogens (tertiary/aromatic N) is 2. The van der Waals surface area contributed by atoms with Gasteiger partial charge < -0.3 is 10.2 Å². The van der Waals surface area contributed by atoms with E-state index in [0.29, 0.717) is 0 Å². The van der Waals surface area contributed by atoms with Gasteiger partial charge in [-0.2, -0.15) is 0 Å². The Hall–Kier alpha value is -6.45. The average Bonchev–Trinajstić information content (AvgIpc) is 3.19. The first-order valence-electron chi connectivity index (χ1n) is 17.7. The summed E-state index contributed by atoms with van der Waals surface area (Å²) in [5.74, 6) is 0. The molecule has 0 radical (unpaired) electrons. The lowest BCUT2D eigenvalue weighted by Gasteiger charge is -2.42. The minimum Gasteiger partial charge on any atom is -0.377 e. The number of fused-ring (bicyclic) bond motifs is 4. The zero-order chi connectivity index (χ0) is 33.9. The van der Waals surface area contributed by atoms with Crippen molar-refractivity contribution in [3.63, 3.8) is 0 Å². The van der Waals surface area contributed by atoms with Crippen LogP contribution in [-0.2, 0) is 5.41 Å². The summed E-state index contributed by atoms with van der Waals surface area (Å²) in [6.07, 6.45) is 8.64. The Morgan fingerprint density at radius 3 is 2.24 bits per heavy atom. The summed E-state index contributed by atoms with van der Waals surface area (Å²) in [5, 5.41) is 11.5. The first kappa shape index (κ1) is 29.5. The molecule has 0 spiro atoms. The largest absolute Gasteiger partial charge is 0.377 e. The average molecular weight is 654 g/mol. The molecule has 1 N–H and O–H groups in total. The van der Waals surface area contributed by atoms with E-state index in [-0.39, 0.29) is 11.5 Å². The van der Waals surface area contributed by atoms with Crippen LogP contribution in [-0.4, -0.2) is 11.0 Å². The summed E-state index contributed by atoms with van der Waals surface area (Å²) < 4.78 is 0. The van der Waals surface area contributed by atoms with Gasteiger partial charge in [-0.3, -0.25) is 4.98 Å². The SMILES string of the molecule is CC12C=c3ccc(-c4cccnc4)cc3=CC1Nc1ccc(-c3ccc(N(c4ccccc4)c4cccc5ccccc45)cc3)c3cccc2c13. The van der Waals surface area contributed by atoms with Gasteiger partial charge >= 0.3 is 0 Å². The second-order valence-corrected chi connectivity index (χ2v) is 13.9. The smallest absolute Gasteiger partial charge is 0.0583 e. The summed E-state index contributed by atoms with van der Waals surface area (Å²) in [5.41, 5.74) is 10.5. The van der Waals surface area contributed by atoms with E-state index < -0.39 is 0 Å². The van der Waals surface area contributed by atoms with Crippen molar-refractivity contribution in [2.24, 2.45) is 0 Å². The Balaban J connectivity index is 1.06. The summed E-state index contributed by atoms with van der Waals surface area (Å²) >= 11 is 0. The molecule has 2 unspecified atom stereocenters. The number of nitrogens with one attached hydrogen (secondary N) is 1. The molecule has 3 heteroatoms. The highest BCUT2D eigenvalue weighted by molar-refractivity contribution is 6.08. The highest BCUT2D eigenvalue weighted by atomic mass is 15.1. The van der Waals surface area contributed by atoms with Gasteiger partial charge in [0.05, 0.1) is 11.7 Å². The Kier molecular flexibility index (Phi) is 6.68. The van der Waals surface area contributed by atoms with Gasteiger partial charge in [0, 0.05) is 51.2 Å². The van der Waals surface area contributed by atoms with Crippen molar-refractivity contribution in [1.82, 2.24) is 4.98 Å². The maximum atomic E-state index is 4.34. The molecule has 2 atom stereocenters. The number of hydrogen-bond donors (Lipinski definition) is 1. The van der Waals surface area contributed by atoms with Gasteiger partial charge in [-0.1, -0.05) is 121 Å². The lowest BCUT2D eigenvalue weighted by Crippen LogP contribution is -2.49. The molecule has 242 valence electrons. The van der Waals surface area contributed by atoms with E-state index in [1.807, 2.05) is 18.5 Å². The molecule has 0 fully saturated rings. The van der Waals surface area contributed by atoms with Crippen LogP contribution in [0.25, 0.3) is 56.0 Å². The first-order valence-corrected chi connectivity index (χ1v) is 17.7. The second-order valence-electron chi connectivity index (χ2n) is 13.9. The summed E-state index contributed by atoms with van der Waals surface area (Å²) in [6.45, 7) is 2.38. The number of para-hydroxylation sites is 1. The third-order valence-electron chi connectivity index (χ3n) is 10.9. The molecule has 7 aromatic carbocycles. The molecule has 0 amide bonds. The predicted octanol–water partition coefficient (Wildman–Crippen LogP) is 10.5. The molecule has 0 saturated heterocycles. The third kappa shape index (κ3) is 4.77. The Morgan fingerprint density at radius 2 is 1.37 bits per heavy atom. The number of benzene rings is 7. The van der Waals surface area contributed by atoms with Crippen molar-refractivity contribution in [2.75, 3.05) is 10.2 Å². The van der Waals surface area contributed by atoms with Gasteiger partial charge in [-0.05, 0) is 98.9 Å². The maximum absolute atomic E-state index is 4.34. The van der Waals surface area contributed by atoms with Crippen molar-refractivity contribution in [1.29, 1.82) is 0 Å². The molecule has 2 heterocycles. The van der Waals surface area contributed by atoms with Crippen LogP contribution in [0.15, 0.2) is 170 Å². The minimum atomic E-state index is -0.202. The van der Waals surface area contributed by atoms with E-state index in [9.17, 15) is 0 Å². The topological polar surface area (TPSA) is 28.2 Å². The van der Waals surface area contributed by atoms with Crippen LogP contribution in [0.1, 0.15) is 12.5 Å². The van der Waals surface area contributed by atoms with Crippen LogP contribution in [0.4, 0.5) is 22.7 Å². The molecule has 1 aliphatic carbocycles. The zero-order valence-corrected chi connectivity index (χ0v) is 28.3. The summed E-state index contributed by atoms with van der Waals surface area (Å²) in [6, 6.07) is 57.3. The van der Waals surface area contributed by atoms with Crippen molar-refractivity contribution in [3.05, 3.63) is 186 Å². The Bertz CT molecular complexity index is 2730. The molecule has 8 aromatic rings. The number of hydrogen-bond acceptors (Lipinski definition) is 3. The van der Waals surface area contributed by atoms with Gasteiger partial charge in [0.15, 0.2) is 0 Å². The third-order valence-corrected chi connectivity index (χ3v) is 10.9. The van der Waals surface area contributed by atoms with E-state index in [1.54, 1.807) is 0 Å². The molecule has 3 nitrogen and oxygen atoms in total. The highest BCUT2D eigenvalue weighted by Gasteiger charge is 2.39. The molecule has 1 aliphatic heterocycles. The van der Waals surface area contributed by atoms with E-state index in [4.69, 9.17) is 0 Å². The van der Waals surface area contributed by atoms with E-state index in [2.05, 4.69) is 186 Å². The van der Waals surface area contributed by atoms with Crippen molar-refractivity contribution in [2.45, 2.75) is 18.4 Å². The molecule has 0 bridgehead atoms. The number of aromatic nitrogens is 1. The van der Waals surface area contributed by atoms with Crippen LogP contribution in [0.3, 0.4) is 0 Å². The monoisotopic (exact) mass is 653 g/mol. The molecular weight excluding hydrogens is 619 g/mol. The molecule has 10 rings (SSSR count). The number of rotatable bonds is 5. The van der Waals surface area contributed by atoms with Crippen LogP contribution in [0.2, 0.25) is 0 Å². The normalized spacial score (nSPS) is 17.1. The zero-order valence-electron chi connectivity index (χ0n) is 28.3. The standard InChI is InChI=1S/C48H35N3/c1-48-30-35-20-19-34(36-12-9-27-49-31-36)28-37(35)29-46(48)50-44-26-25-40(42-16-8-17-43(48)47(42)44)33-21-23-39(24-22-33)51(38-13-3-2-4-14-38)45-18-7-11-32-10-5-6-15-41(32)45/h2-31,46,50H,1H3. The van der Waals surface area contributed by atoms with Gasteiger partial charge in [0.2, 0.25) is 0 Å². The fraction of sp³-hybridized carbons (Fsp3) is 0.0625. The van der Waals surface area contributed by atoms with Crippen molar-refractivity contribution < 1.29 is 0 Å². The molecule has 51 heavy (non-hydrogen) atoms. The first-order chi connectivity index (χ1) is 25.1. The molecule has 2 aliphatic rings. The van der Waals surface area contributed by atoms with E-state index >= 15 is 0 Å². The number of pyridine rings is 1. The van der Waals surface area contributed by atoms with E-state index in [1.165, 1.54) is 59.9 Å². The predicted molar refractivity (Wildman–Crippen MR) is 214 cm³/mol. The van der Waals surface area contributed by atoms with Gasteiger partial charge in [0.25, 0.3) is 0 Å². The van der Waals surface area contributed by atoms with Crippen LogP contribution in [0.5, 0.6) is 0 Å². The quantitative estimate of drug-likeness (QED) is 0.200. The van der Waals surface area contributed by atoms with Crippen LogP contribution >= 0.6 is 0 Å². The minimum absolute atomic E-state index is 0.135. The molecule has 1 aromatic heterocycles. The highest BCUT2D eigenvalue weighted by Crippen LogP contribution is 2.47. The molecule has 0 saturated carbocycles. The Morgan fingerprint density at radius 1 is 0.608 bits per heavy atom. The van der Waals surface area contributed by atoms with Crippen molar-refractivity contribution in [3.8, 4) is 22.3 Å².